The Morgan fingerprint density at radius 2 is 1.96 bits per heavy atom. The molecule has 0 radical (unpaired) electrons. The fourth-order valence-corrected chi connectivity index (χ4v) is 3.07. The van der Waals surface area contributed by atoms with E-state index in [0.29, 0.717) is 6.42 Å². The summed E-state index contributed by atoms with van der Waals surface area (Å²) in [7, 11) is 0. The second-order valence-electron chi connectivity index (χ2n) is 7.16. The Labute approximate surface area is 154 Å². The lowest BCUT2D eigenvalue weighted by Gasteiger charge is -2.43. The van der Waals surface area contributed by atoms with Crippen LogP contribution < -0.4 is 4.74 Å². The maximum absolute atomic E-state index is 12.9. The summed E-state index contributed by atoms with van der Waals surface area (Å²) in [6.07, 6.45) is -1.63. The monoisotopic (exact) mass is 382 g/mol. The van der Waals surface area contributed by atoms with Crippen LogP contribution in [-0.4, -0.2) is 51.5 Å². The van der Waals surface area contributed by atoms with Crippen LogP contribution in [0.4, 0.5) is 13.2 Å². The van der Waals surface area contributed by atoms with Crippen molar-refractivity contribution in [2.24, 2.45) is 0 Å². The number of carbonyl (C=O) groups excluding carboxylic acids is 1. The fourth-order valence-electron chi connectivity index (χ4n) is 3.07. The fraction of sp³-hybridized carbons (Fsp3) is 0.500. The number of hydrogen-bond acceptors (Lipinski definition) is 5. The minimum absolute atomic E-state index is 0.0936. The molecule has 146 valence electrons. The second-order valence-corrected chi connectivity index (χ2v) is 7.16. The molecular formula is C18H21F3N4O2. The van der Waals surface area contributed by atoms with Crippen LogP contribution in [0.3, 0.4) is 0 Å². The first-order chi connectivity index (χ1) is 12.7. The van der Waals surface area contributed by atoms with E-state index in [0.717, 1.165) is 44.5 Å². The molecule has 0 saturated carbocycles. The van der Waals surface area contributed by atoms with Gasteiger partial charge in [-0.15, -0.1) is 5.10 Å². The van der Waals surface area contributed by atoms with E-state index in [9.17, 15) is 18.0 Å². The van der Waals surface area contributed by atoms with Crippen LogP contribution in [0.15, 0.2) is 30.5 Å². The number of H-pyrrole nitrogens is 1. The van der Waals surface area contributed by atoms with Crippen LogP contribution in [0.1, 0.15) is 43.5 Å². The molecule has 2 aromatic rings. The highest BCUT2D eigenvalue weighted by molar-refractivity contribution is 5.51. The van der Waals surface area contributed by atoms with Gasteiger partial charge >= 0.3 is 6.18 Å². The molecule has 0 aliphatic carbocycles. The van der Waals surface area contributed by atoms with Gasteiger partial charge in [0.25, 0.3) is 0 Å². The molecule has 1 aromatic carbocycles. The van der Waals surface area contributed by atoms with Gasteiger partial charge in [0.05, 0.1) is 17.9 Å². The summed E-state index contributed by atoms with van der Waals surface area (Å²) in [5.74, 6) is 0.430. The van der Waals surface area contributed by atoms with Crippen molar-refractivity contribution in [1.29, 1.82) is 0 Å². The van der Waals surface area contributed by atoms with E-state index in [2.05, 4.69) is 20.3 Å². The third-order valence-corrected chi connectivity index (χ3v) is 4.87. The highest BCUT2D eigenvalue weighted by Gasteiger charge is 2.49. The molecule has 6 nitrogen and oxygen atoms in total. The van der Waals surface area contributed by atoms with E-state index < -0.39 is 11.8 Å². The van der Waals surface area contributed by atoms with Crippen molar-refractivity contribution >= 4 is 6.29 Å². The van der Waals surface area contributed by atoms with Crippen molar-refractivity contribution in [1.82, 2.24) is 20.3 Å². The van der Waals surface area contributed by atoms with Gasteiger partial charge in [-0.2, -0.15) is 13.2 Å². The number of hydrogen-bond donors (Lipinski definition) is 1. The number of nitrogens with one attached hydrogen (secondary N) is 1. The van der Waals surface area contributed by atoms with Gasteiger partial charge in [0.1, 0.15) is 12.0 Å². The molecule has 0 amide bonds. The van der Waals surface area contributed by atoms with Gasteiger partial charge < -0.3 is 9.53 Å². The van der Waals surface area contributed by atoms with Crippen LogP contribution >= 0.6 is 0 Å². The third-order valence-electron chi connectivity index (χ3n) is 4.87. The van der Waals surface area contributed by atoms with Crippen molar-refractivity contribution in [2.45, 2.75) is 44.0 Å². The van der Waals surface area contributed by atoms with E-state index in [-0.39, 0.29) is 17.7 Å². The molecule has 27 heavy (non-hydrogen) atoms. The van der Waals surface area contributed by atoms with Gasteiger partial charge in [0.2, 0.25) is 0 Å². The average Bonchev–Trinajstić information content (AvgIpc) is 3.07. The predicted molar refractivity (Wildman–Crippen MR) is 91.3 cm³/mol. The maximum Gasteiger partial charge on any atom is 0.427 e. The lowest BCUT2D eigenvalue weighted by molar-refractivity contribution is -0.234. The minimum Gasteiger partial charge on any atom is -0.478 e. The number of aromatic amines is 1. The number of benzene rings is 1. The summed E-state index contributed by atoms with van der Waals surface area (Å²) in [6.45, 7) is 3.49. The number of carbonyl (C=O) groups is 1. The molecule has 3 rings (SSSR count). The van der Waals surface area contributed by atoms with Gasteiger partial charge in [0, 0.05) is 25.4 Å². The summed E-state index contributed by atoms with van der Waals surface area (Å²) < 4.78 is 43.9. The minimum atomic E-state index is -4.45. The first kappa shape index (κ1) is 19.3. The standard InChI is InChI=1S/C18H21F3N4O2/c1-17(2,18(19,20)21)27-14-5-3-12(4-6-14)13-10-25(11-13)16(7-8-26)15-9-22-24-23-15/h3-6,8-9,13,16H,7,10-11H2,1-2H3,(H,22,23,24)/t16-/m0/s1. The van der Waals surface area contributed by atoms with Crippen molar-refractivity contribution < 1.29 is 22.7 Å². The van der Waals surface area contributed by atoms with Crippen LogP contribution in [0.5, 0.6) is 5.75 Å². The molecule has 2 heterocycles. The number of rotatable bonds is 7. The number of alkyl halides is 3. The second kappa shape index (κ2) is 7.30. The molecule has 1 aliphatic rings. The zero-order valence-electron chi connectivity index (χ0n) is 15.0. The zero-order valence-corrected chi connectivity index (χ0v) is 15.0. The predicted octanol–water partition coefficient (Wildman–Crippen LogP) is 3.25. The number of nitrogens with zero attached hydrogens (tertiary/aromatic N) is 3. The molecule has 1 aromatic heterocycles. The zero-order chi connectivity index (χ0) is 19.7. The van der Waals surface area contributed by atoms with Crippen molar-refractivity contribution in [2.75, 3.05) is 13.1 Å². The van der Waals surface area contributed by atoms with Gasteiger partial charge in [-0.05, 0) is 31.5 Å². The van der Waals surface area contributed by atoms with Gasteiger partial charge in [-0.1, -0.05) is 17.3 Å². The number of aromatic nitrogens is 3. The van der Waals surface area contributed by atoms with Gasteiger partial charge in [0.15, 0.2) is 5.60 Å². The van der Waals surface area contributed by atoms with Crippen molar-refractivity contribution in [3.63, 3.8) is 0 Å². The summed E-state index contributed by atoms with van der Waals surface area (Å²) in [6, 6.07) is 6.61. The molecule has 0 spiro atoms. The summed E-state index contributed by atoms with van der Waals surface area (Å²) in [5, 5.41) is 10.2. The van der Waals surface area contributed by atoms with E-state index in [1.807, 2.05) is 0 Å². The van der Waals surface area contributed by atoms with E-state index in [4.69, 9.17) is 4.74 Å². The highest BCUT2D eigenvalue weighted by Crippen LogP contribution is 2.37. The number of halogens is 3. The van der Waals surface area contributed by atoms with Gasteiger partial charge in [-0.3, -0.25) is 10.00 Å². The molecule has 9 heteroatoms. The molecular weight excluding hydrogens is 361 g/mol. The van der Waals surface area contributed by atoms with E-state index in [1.54, 1.807) is 30.5 Å². The van der Waals surface area contributed by atoms with Crippen LogP contribution in [0.25, 0.3) is 0 Å². The smallest absolute Gasteiger partial charge is 0.427 e. The Bertz CT molecular complexity index is 754. The Balaban J connectivity index is 1.60. The number of likely N-dealkylation sites (tertiary alicyclic amines) is 1. The molecule has 1 fully saturated rings. The molecule has 1 aliphatic heterocycles. The van der Waals surface area contributed by atoms with Crippen LogP contribution in [0, 0.1) is 0 Å². The van der Waals surface area contributed by atoms with E-state index >= 15 is 0 Å². The Hall–Kier alpha value is -2.42. The number of aldehydes is 1. The molecule has 1 atom stereocenters. The third kappa shape index (κ3) is 4.13. The summed E-state index contributed by atoms with van der Waals surface area (Å²) >= 11 is 0. The normalized spacial score (nSPS) is 17.4. The molecule has 0 bridgehead atoms. The molecule has 1 saturated heterocycles. The Morgan fingerprint density at radius 3 is 2.48 bits per heavy atom. The Morgan fingerprint density at radius 1 is 1.30 bits per heavy atom. The average molecular weight is 382 g/mol. The highest BCUT2D eigenvalue weighted by atomic mass is 19.4. The van der Waals surface area contributed by atoms with Gasteiger partial charge in [-0.25, -0.2) is 0 Å². The lowest BCUT2D eigenvalue weighted by Crippen LogP contribution is -2.47. The van der Waals surface area contributed by atoms with Crippen molar-refractivity contribution in [3.05, 3.63) is 41.7 Å². The topological polar surface area (TPSA) is 71.1 Å². The summed E-state index contributed by atoms with van der Waals surface area (Å²) in [4.78, 5) is 13.1. The van der Waals surface area contributed by atoms with Crippen LogP contribution in [-0.2, 0) is 4.79 Å². The molecule has 0 unspecified atom stereocenters. The van der Waals surface area contributed by atoms with E-state index in [1.165, 1.54) is 0 Å². The maximum atomic E-state index is 12.9. The first-order valence-corrected chi connectivity index (χ1v) is 8.60. The van der Waals surface area contributed by atoms with Crippen molar-refractivity contribution in [3.8, 4) is 5.75 Å². The largest absolute Gasteiger partial charge is 0.478 e. The Kier molecular flexibility index (Phi) is 5.23. The SMILES string of the molecule is CC(C)(Oc1ccc(C2CN([C@@H](CC=O)c3cnn[nH]3)C2)cc1)C(F)(F)F. The molecule has 1 N–H and O–H groups in total. The van der Waals surface area contributed by atoms with Crippen LogP contribution in [0.2, 0.25) is 0 Å². The lowest BCUT2D eigenvalue weighted by atomic mass is 9.89. The number of ether oxygens (including phenoxy) is 1. The summed E-state index contributed by atoms with van der Waals surface area (Å²) in [5.41, 5.74) is -0.434. The quantitative estimate of drug-likeness (QED) is 0.745. The first-order valence-electron chi connectivity index (χ1n) is 8.60.